The average molecular weight is 447 g/mol. The second-order valence-corrected chi connectivity index (χ2v) is 8.76. The number of thioether (sulfide) groups is 1. The predicted molar refractivity (Wildman–Crippen MR) is 125 cm³/mol. The molecule has 0 saturated carbocycles. The Bertz CT molecular complexity index is 1270. The summed E-state index contributed by atoms with van der Waals surface area (Å²) >= 11 is 0.949. The lowest BCUT2D eigenvalue weighted by atomic mass is 10.1. The van der Waals surface area contributed by atoms with E-state index in [-0.39, 0.29) is 23.3 Å². The van der Waals surface area contributed by atoms with Crippen LogP contribution in [0, 0.1) is 20.8 Å². The molecule has 1 aromatic heterocycles. The maximum atomic E-state index is 12.9. The van der Waals surface area contributed by atoms with Crippen LogP contribution in [0.25, 0.3) is 11.8 Å². The first-order chi connectivity index (χ1) is 15.2. The van der Waals surface area contributed by atoms with Gasteiger partial charge in [-0.05, 0) is 80.1 Å². The Hall–Kier alpha value is -3.58. The average Bonchev–Trinajstić information content (AvgIpc) is 3.17. The van der Waals surface area contributed by atoms with Crippen LogP contribution in [0.5, 0.6) is 0 Å². The van der Waals surface area contributed by atoms with Gasteiger partial charge in [0.25, 0.3) is 11.1 Å². The van der Waals surface area contributed by atoms with E-state index in [1.165, 1.54) is 4.90 Å². The van der Waals surface area contributed by atoms with Crippen LogP contribution in [-0.2, 0) is 11.3 Å². The minimum atomic E-state index is -0.973. The summed E-state index contributed by atoms with van der Waals surface area (Å²) in [7, 11) is 0. The van der Waals surface area contributed by atoms with Crippen molar-refractivity contribution < 1.29 is 19.5 Å². The molecular formula is C25H22N2O4S. The molecule has 1 fully saturated rings. The molecule has 32 heavy (non-hydrogen) atoms. The Kier molecular flexibility index (Phi) is 5.76. The second kappa shape index (κ2) is 8.51. The fourth-order valence-electron chi connectivity index (χ4n) is 3.85. The molecule has 0 aliphatic carbocycles. The van der Waals surface area contributed by atoms with Crippen LogP contribution in [-0.4, -0.2) is 31.7 Å². The van der Waals surface area contributed by atoms with Crippen molar-refractivity contribution in [3.8, 4) is 5.69 Å². The van der Waals surface area contributed by atoms with Crippen LogP contribution in [0.2, 0.25) is 0 Å². The minimum Gasteiger partial charge on any atom is -0.478 e. The standard InChI is InChI=1S/C25H22N2O4S/c1-15-5-4-6-18(11-15)14-26-23(28)22(32-25(26)31)13-20-12-16(2)27(17(20)3)21-9-7-19(8-10-21)24(29)30/h4-13H,14H2,1-3H3,(H,29,30)/b22-13+. The molecule has 0 radical (unpaired) electrons. The number of imide groups is 1. The molecule has 3 aromatic rings. The molecule has 2 heterocycles. The van der Waals surface area contributed by atoms with Crippen LogP contribution >= 0.6 is 11.8 Å². The predicted octanol–water partition coefficient (Wildman–Crippen LogP) is 5.34. The first-order valence-electron chi connectivity index (χ1n) is 10.1. The number of carbonyl (C=O) groups excluding carboxylic acids is 2. The molecular weight excluding hydrogens is 424 g/mol. The lowest BCUT2D eigenvalue weighted by Gasteiger charge is -2.12. The van der Waals surface area contributed by atoms with Crippen molar-refractivity contribution in [2.24, 2.45) is 0 Å². The van der Waals surface area contributed by atoms with Crippen molar-refractivity contribution in [2.75, 3.05) is 0 Å². The normalized spacial score (nSPS) is 15.1. The quantitative estimate of drug-likeness (QED) is 0.536. The molecule has 0 bridgehead atoms. The van der Waals surface area contributed by atoms with Gasteiger partial charge in [0.1, 0.15) is 0 Å². The van der Waals surface area contributed by atoms with E-state index < -0.39 is 5.97 Å². The first kappa shape index (κ1) is 21.6. The number of aryl methyl sites for hydroxylation is 2. The van der Waals surface area contributed by atoms with E-state index in [1.54, 1.807) is 30.3 Å². The Morgan fingerprint density at radius 3 is 2.41 bits per heavy atom. The number of carboxylic acids is 1. The van der Waals surface area contributed by atoms with Gasteiger partial charge in [-0.3, -0.25) is 14.5 Å². The number of rotatable bonds is 5. The summed E-state index contributed by atoms with van der Waals surface area (Å²) in [5.74, 6) is -1.27. The number of carbonyl (C=O) groups is 3. The maximum absolute atomic E-state index is 12.9. The van der Waals surface area contributed by atoms with Gasteiger partial charge >= 0.3 is 5.97 Å². The summed E-state index contributed by atoms with van der Waals surface area (Å²) < 4.78 is 1.99. The number of hydrogen-bond donors (Lipinski definition) is 1. The summed E-state index contributed by atoms with van der Waals surface area (Å²) in [4.78, 5) is 38.2. The molecule has 1 saturated heterocycles. The van der Waals surface area contributed by atoms with Crippen LogP contribution < -0.4 is 0 Å². The van der Waals surface area contributed by atoms with Crippen molar-refractivity contribution in [3.05, 3.63) is 93.1 Å². The lowest BCUT2D eigenvalue weighted by molar-refractivity contribution is -0.123. The Balaban J connectivity index is 1.61. The van der Waals surface area contributed by atoms with Crippen molar-refractivity contribution in [3.63, 3.8) is 0 Å². The number of benzene rings is 2. The van der Waals surface area contributed by atoms with Gasteiger partial charge in [-0.2, -0.15) is 0 Å². The third kappa shape index (κ3) is 4.11. The van der Waals surface area contributed by atoms with Gasteiger partial charge in [0.2, 0.25) is 0 Å². The highest BCUT2D eigenvalue weighted by Crippen LogP contribution is 2.34. The van der Waals surface area contributed by atoms with E-state index in [0.29, 0.717) is 4.91 Å². The van der Waals surface area contributed by atoms with E-state index in [1.807, 2.05) is 55.7 Å². The smallest absolute Gasteiger partial charge is 0.335 e. The van der Waals surface area contributed by atoms with Crippen LogP contribution in [0.1, 0.15) is 38.4 Å². The van der Waals surface area contributed by atoms with Crippen molar-refractivity contribution >= 4 is 35.0 Å². The topological polar surface area (TPSA) is 79.6 Å². The summed E-state index contributed by atoms with van der Waals surface area (Å²) in [6.07, 6.45) is 1.76. The van der Waals surface area contributed by atoms with Crippen LogP contribution in [0.4, 0.5) is 4.79 Å². The fraction of sp³-hybridized carbons (Fsp3) is 0.160. The molecule has 2 aromatic carbocycles. The van der Waals surface area contributed by atoms with Crippen molar-refractivity contribution in [1.29, 1.82) is 0 Å². The number of amides is 2. The van der Waals surface area contributed by atoms with E-state index in [9.17, 15) is 14.4 Å². The molecule has 0 spiro atoms. The minimum absolute atomic E-state index is 0.221. The molecule has 162 valence electrons. The largest absolute Gasteiger partial charge is 0.478 e. The third-order valence-electron chi connectivity index (χ3n) is 5.43. The Morgan fingerprint density at radius 1 is 1.03 bits per heavy atom. The van der Waals surface area contributed by atoms with Gasteiger partial charge < -0.3 is 9.67 Å². The van der Waals surface area contributed by atoms with E-state index in [0.717, 1.165) is 45.5 Å². The maximum Gasteiger partial charge on any atom is 0.335 e. The monoisotopic (exact) mass is 446 g/mol. The zero-order valence-electron chi connectivity index (χ0n) is 18.0. The molecule has 0 atom stereocenters. The summed E-state index contributed by atoms with van der Waals surface area (Å²) in [6.45, 7) is 6.10. The van der Waals surface area contributed by atoms with Crippen molar-refractivity contribution in [1.82, 2.24) is 9.47 Å². The van der Waals surface area contributed by atoms with Gasteiger partial charge in [0.15, 0.2) is 0 Å². The zero-order valence-corrected chi connectivity index (χ0v) is 18.8. The molecule has 1 aliphatic heterocycles. The summed E-state index contributed by atoms with van der Waals surface area (Å²) in [5, 5.41) is 8.84. The SMILES string of the molecule is Cc1cccc(CN2C(=O)S/C(=C/c3cc(C)n(-c4ccc(C(=O)O)cc4)c3C)C2=O)c1. The van der Waals surface area contributed by atoms with Crippen molar-refractivity contribution in [2.45, 2.75) is 27.3 Å². The van der Waals surface area contributed by atoms with Crippen LogP contribution in [0.15, 0.2) is 59.5 Å². The first-order valence-corrected chi connectivity index (χ1v) is 10.9. The van der Waals surface area contributed by atoms with Gasteiger partial charge in [-0.15, -0.1) is 0 Å². The number of aromatic carboxylic acids is 1. The molecule has 2 amide bonds. The highest BCUT2D eigenvalue weighted by Gasteiger charge is 2.35. The number of nitrogens with zero attached hydrogens (tertiary/aromatic N) is 2. The molecule has 4 rings (SSSR count). The molecule has 1 N–H and O–H groups in total. The highest BCUT2D eigenvalue weighted by molar-refractivity contribution is 8.18. The Labute approximate surface area is 190 Å². The lowest BCUT2D eigenvalue weighted by Crippen LogP contribution is -2.27. The highest BCUT2D eigenvalue weighted by atomic mass is 32.2. The third-order valence-corrected chi connectivity index (χ3v) is 6.33. The number of carboxylic acid groups (broad SMARTS) is 1. The summed E-state index contributed by atoms with van der Waals surface area (Å²) in [6, 6.07) is 16.3. The second-order valence-electron chi connectivity index (χ2n) is 7.77. The molecule has 7 heteroatoms. The Morgan fingerprint density at radius 2 is 1.75 bits per heavy atom. The van der Waals surface area contributed by atoms with Gasteiger partial charge in [0, 0.05) is 17.1 Å². The summed E-state index contributed by atoms with van der Waals surface area (Å²) in [5.41, 5.74) is 5.72. The van der Waals surface area contributed by atoms with Gasteiger partial charge in [-0.25, -0.2) is 4.79 Å². The molecule has 6 nitrogen and oxygen atoms in total. The fourth-order valence-corrected chi connectivity index (χ4v) is 4.68. The van der Waals surface area contributed by atoms with E-state index in [4.69, 9.17) is 5.11 Å². The van der Waals surface area contributed by atoms with Gasteiger partial charge in [-0.1, -0.05) is 29.8 Å². The number of hydrogen-bond acceptors (Lipinski definition) is 4. The zero-order chi connectivity index (χ0) is 23.0. The van der Waals surface area contributed by atoms with Crippen LogP contribution in [0.3, 0.4) is 0 Å². The van der Waals surface area contributed by atoms with E-state index in [2.05, 4.69) is 0 Å². The van der Waals surface area contributed by atoms with Gasteiger partial charge in [0.05, 0.1) is 17.0 Å². The number of aromatic nitrogens is 1. The van der Waals surface area contributed by atoms with E-state index >= 15 is 0 Å². The molecule has 1 aliphatic rings. The molecule has 0 unspecified atom stereocenters.